The van der Waals surface area contributed by atoms with Crippen LogP contribution in [0.1, 0.15) is 27.2 Å². The maximum absolute atomic E-state index is 12.1. The van der Waals surface area contributed by atoms with Gasteiger partial charge in [0.25, 0.3) is 0 Å². The molecule has 1 aliphatic heterocycles. The monoisotopic (exact) mass is 325 g/mol. The van der Waals surface area contributed by atoms with Crippen molar-refractivity contribution in [2.45, 2.75) is 38.8 Å². The van der Waals surface area contributed by atoms with Gasteiger partial charge in [-0.25, -0.2) is 13.2 Å². The summed E-state index contributed by atoms with van der Waals surface area (Å²) in [6.07, 6.45) is -0.665. The molecule has 0 spiro atoms. The molecule has 0 aromatic carbocycles. The zero-order chi connectivity index (χ0) is 15.6. The highest BCUT2D eigenvalue weighted by Gasteiger charge is 2.37. The minimum Gasteiger partial charge on any atom is -0.444 e. The van der Waals surface area contributed by atoms with Gasteiger partial charge in [0, 0.05) is 13.0 Å². The summed E-state index contributed by atoms with van der Waals surface area (Å²) in [4.78, 5) is 24.8. The Morgan fingerprint density at radius 1 is 1.35 bits per heavy atom. The molecule has 0 aliphatic carbocycles. The molecule has 6 nitrogen and oxygen atoms in total. The average Bonchev–Trinajstić information content (AvgIpc) is 2.25. The fourth-order valence-electron chi connectivity index (χ4n) is 1.93. The summed E-state index contributed by atoms with van der Waals surface area (Å²) in [5.41, 5.74) is -0.672. The number of hydrogen-bond acceptors (Lipinski definition) is 5. The molecular weight excluding hydrogens is 306 g/mol. The number of rotatable bonds is 3. The number of amides is 1. The van der Waals surface area contributed by atoms with Gasteiger partial charge in [-0.15, -0.1) is 11.6 Å². The van der Waals surface area contributed by atoms with E-state index in [1.54, 1.807) is 20.8 Å². The normalized spacial score (nSPS) is 22.4. The van der Waals surface area contributed by atoms with Gasteiger partial charge in [0.15, 0.2) is 9.84 Å². The molecule has 1 amide bonds. The minimum absolute atomic E-state index is 0.0392. The first-order chi connectivity index (χ1) is 9.04. The summed E-state index contributed by atoms with van der Waals surface area (Å²) < 4.78 is 28.6. The van der Waals surface area contributed by atoms with Gasteiger partial charge < -0.3 is 9.64 Å². The third-order valence-corrected chi connectivity index (χ3v) is 4.77. The van der Waals surface area contributed by atoms with E-state index in [0.29, 0.717) is 0 Å². The molecule has 1 unspecified atom stereocenters. The van der Waals surface area contributed by atoms with Crippen LogP contribution in [0.4, 0.5) is 4.79 Å². The Bertz CT molecular complexity index is 483. The molecule has 116 valence electrons. The highest BCUT2D eigenvalue weighted by molar-refractivity contribution is 7.91. The van der Waals surface area contributed by atoms with Crippen molar-refractivity contribution in [3.63, 3.8) is 0 Å². The Hall–Kier alpha value is -0.820. The summed E-state index contributed by atoms with van der Waals surface area (Å²) in [6, 6.07) is -0.699. The lowest BCUT2D eigenvalue weighted by Gasteiger charge is -2.36. The van der Waals surface area contributed by atoms with Crippen molar-refractivity contribution in [3.8, 4) is 0 Å². The second-order valence-corrected chi connectivity index (χ2v) is 8.31. The van der Waals surface area contributed by atoms with Crippen molar-refractivity contribution in [3.05, 3.63) is 0 Å². The van der Waals surface area contributed by atoms with Crippen LogP contribution in [-0.4, -0.2) is 60.8 Å². The molecule has 20 heavy (non-hydrogen) atoms. The standard InChI is InChI=1S/C12H20ClNO5S/c1-12(2,3)19-11(16)14-4-5-20(17,18)8-9(14)6-10(15)7-13/h9H,4-8H2,1-3H3. The fraction of sp³-hybridized carbons (Fsp3) is 0.833. The van der Waals surface area contributed by atoms with E-state index in [1.165, 1.54) is 4.90 Å². The Balaban J connectivity index is 2.85. The van der Waals surface area contributed by atoms with Crippen LogP contribution in [0, 0.1) is 0 Å². The van der Waals surface area contributed by atoms with Gasteiger partial charge in [0.2, 0.25) is 0 Å². The van der Waals surface area contributed by atoms with Gasteiger partial charge >= 0.3 is 6.09 Å². The summed E-state index contributed by atoms with van der Waals surface area (Å²) in [6.45, 7) is 5.22. The number of ether oxygens (including phenoxy) is 1. The molecular formula is C12H20ClNO5S. The van der Waals surface area contributed by atoms with Crippen LogP contribution < -0.4 is 0 Å². The zero-order valence-electron chi connectivity index (χ0n) is 11.9. The molecule has 1 atom stereocenters. The number of carbonyl (C=O) groups excluding carboxylic acids is 2. The van der Waals surface area contributed by atoms with Gasteiger partial charge in [-0.1, -0.05) is 0 Å². The molecule has 1 aliphatic rings. The number of Topliss-reactive ketones (excluding diaryl/α,β-unsaturated/α-hetero) is 1. The maximum atomic E-state index is 12.1. The number of halogens is 1. The quantitative estimate of drug-likeness (QED) is 0.729. The first-order valence-electron chi connectivity index (χ1n) is 6.32. The average molecular weight is 326 g/mol. The van der Waals surface area contributed by atoms with Gasteiger partial charge in [-0.05, 0) is 20.8 Å². The third-order valence-electron chi connectivity index (χ3n) is 2.77. The third kappa shape index (κ3) is 5.28. The molecule has 0 saturated carbocycles. The molecule has 1 rings (SSSR count). The molecule has 0 aromatic rings. The molecule has 8 heteroatoms. The van der Waals surface area contributed by atoms with E-state index in [-0.39, 0.29) is 36.1 Å². The summed E-state index contributed by atoms with van der Waals surface area (Å²) in [5.74, 6) is -0.826. The van der Waals surface area contributed by atoms with Crippen molar-refractivity contribution in [2.24, 2.45) is 0 Å². The van der Waals surface area contributed by atoms with Crippen LogP contribution >= 0.6 is 11.6 Å². The number of nitrogens with zero attached hydrogens (tertiary/aromatic N) is 1. The molecule has 1 fully saturated rings. The molecule has 0 N–H and O–H groups in total. The van der Waals surface area contributed by atoms with Crippen LogP contribution in [0.25, 0.3) is 0 Å². The topological polar surface area (TPSA) is 80.8 Å². The second kappa shape index (κ2) is 6.30. The van der Waals surface area contributed by atoms with Gasteiger partial charge in [0.05, 0.1) is 23.4 Å². The first kappa shape index (κ1) is 17.2. The number of hydrogen-bond donors (Lipinski definition) is 0. The lowest BCUT2D eigenvalue weighted by Crippen LogP contribution is -2.53. The SMILES string of the molecule is CC(C)(C)OC(=O)N1CCS(=O)(=O)CC1CC(=O)CCl. The Morgan fingerprint density at radius 3 is 2.45 bits per heavy atom. The van der Waals surface area contributed by atoms with Crippen molar-refractivity contribution in [1.82, 2.24) is 4.90 Å². The summed E-state index contributed by atoms with van der Waals surface area (Å²) >= 11 is 5.44. The predicted octanol–water partition coefficient (Wildman–Crippen LogP) is 1.22. The second-order valence-electron chi connectivity index (χ2n) is 5.82. The van der Waals surface area contributed by atoms with E-state index in [2.05, 4.69) is 0 Å². The highest BCUT2D eigenvalue weighted by Crippen LogP contribution is 2.19. The van der Waals surface area contributed by atoms with E-state index in [4.69, 9.17) is 16.3 Å². The first-order valence-corrected chi connectivity index (χ1v) is 8.67. The zero-order valence-corrected chi connectivity index (χ0v) is 13.5. The van der Waals surface area contributed by atoms with Crippen LogP contribution in [0.15, 0.2) is 0 Å². The minimum atomic E-state index is -3.24. The Morgan fingerprint density at radius 2 is 1.95 bits per heavy atom. The summed E-state index contributed by atoms with van der Waals surface area (Å²) in [7, 11) is -3.24. The Kier molecular flexibility index (Phi) is 5.43. The number of alkyl halides is 1. The van der Waals surface area contributed by atoms with E-state index < -0.39 is 27.6 Å². The maximum Gasteiger partial charge on any atom is 0.410 e. The van der Waals surface area contributed by atoms with Crippen molar-refractivity contribution in [2.75, 3.05) is 23.9 Å². The number of sulfone groups is 1. The lowest BCUT2D eigenvalue weighted by molar-refractivity contribution is -0.117. The van der Waals surface area contributed by atoms with Crippen LogP contribution in [0.2, 0.25) is 0 Å². The van der Waals surface area contributed by atoms with Crippen LogP contribution in [0.5, 0.6) is 0 Å². The van der Waals surface area contributed by atoms with Gasteiger partial charge in [-0.2, -0.15) is 0 Å². The molecule has 0 bridgehead atoms. The van der Waals surface area contributed by atoms with E-state index in [0.717, 1.165) is 0 Å². The van der Waals surface area contributed by atoms with Gasteiger partial charge in [-0.3, -0.25) is 4.79 Å². The van der Waals surface area contributed by atoms with Gasteiger partial charge in [0.1, 0.15) is 11.4 Å². The highest BCUT2D eigenvalue weighted by atomic mass is 35.5. The number of carbonyl (C=O) groups is 2. The van der Waals surface area contributed by atoms with Crippen LogP contribution in [0.3, 0.4) is 0 Å². The smallest absolute Gasteiger partial charge is 0.410 e. The Labute approximate surface area is 124 Å². The van der Waals surface area contributed by atoms with Crippen molar-refractivity contribution < 1.29 is 22.7 Å². The van der Waals surface area contributed by atoms with Crippen molar-refractivity contribution in [1.29, 1.82) is 0 Å². The van der Waals surface area contributed by atoms with Crippen LogP contribution in [-0.2, 0) is 19.4 Å². The number of ketones is 1. The van der Waals surface area contributed by atoms with E-state index >= 15 is 0 Å². The molecule has 1 saturated heterocycles. The van der Waals surface area contributed by atoms with Crippen molar-refractivity contribution >= 4 is 33.3 Å². The summed E-state index contributed by atoms with van der Waals surface area (Å²) in [5, 5.41) is 0. The molecule has 1 heterocycles. The van der Waals surface area contributed by atoms with E-state index in [1.807, 2.05) is 0 Å². The van der Waals surface area contributed by atoms with E-state index in [9.17, 15) is 18.0 Å². The largest absolute Gasteiger partial charge is 0.444 e. The molecule has 0 aromatic heterocycles. The predicted molar refractivity (Wildman–Crippen MR) is 75.7 cm³/mol. The molecule has 0 radical (unpaired) electrons. The lowest BCUT2D eigenvalue weighted by atomic mass is 10.1. The fourth-order valence-corrected chi connectivity index (χ4v) is 3.57.